The van der Waals surface area contributed by atoms with Crippen LogP contribution in [0.2, 0.25) is 0 Å². The smallest absolute Gasteiger partial charge is 0.313 e. The number of hydrogen-bond donors (Lipinski definition) is 2. The molecule has 24 heavy (non-hydrogen) atoms. The summed E-state index contributed by atoms with van der Waals surface area (Å²) in [6.45, 7) is 0.572. The summed E-state index contributed by atoms with van der Waals surface area (Å²) in [5.41, 5.74) is 0.852. The summed E-state index contributed by atoms with van der Waals surface area (Å²) in [6, 6.07) is 6.23. The molecule has 0 spiro atoms. The molecule has 1 heterocycles. The molecular formula is C16H18N4O4. The number of methoxy groups -OCH3 is 1. The number of anilines is 1. The number of nitrogens with one attached hydrogen (secondary N) is 2. The first-order chi connectivity index (χ1) is 11.5. The molecule has 1 aromatic heterocycles. The van der Waals surface area contributed by atoms with Crippen LogP contribution in [-0.4, -0.2) is 47.4 Å². The second-order valence-electron chi connectivity index (χ2n) is 4.97. The zero-order chi connectivity index (χ0) is 17.5. The number of aromatic nitrogens is 2. The van der Waals surface area contributed by atoms with Crippen LogP contribution in [0.5, 0.6) is 0 Å². The largest absolute Gasteiger partial charge is 0.383 e. The maximum atomic E-state index is 12.3. The predicted octanol–water partition coefficient (Wildman–Crippen LogP) is 0.352. The first kappa shape index (κ1) is 17.4. The lowest BCUT2D eigenvalue weighted by atomic mass is 10.1. The normalized spacial score (nSPS) is 10.2. The standard InChI is InChI=1S/C16H18N4O4/c1-20-9-7-17-14(20)13(21)11-3-5-12(6-4-11)19-16(23)15(22)18-8-10-24-2/h3-7,9H,8,10H2,1-2H3,(H,18,22)(H,19,23). The van der Waals surface area contributed by atoms with Gasteiger partial charge in [0.15, 0.2) is 5.82 Å². The van der Waals surface area contributed by atoms with E-state index in [0.717, 1.165) is 0 Å². The zero-order valence-corrected chi connectivity index (χ0v) is 13.4. The monoisotopic (exact) mass is 330 g/mol. The number of aryl methyl sites for hydroxylation is 1. The lowest BCUT2D eigenvalue weighted by Crippen LogP contribution is -2.37. The van der Waals surface area contributed by atoms with Crippen LogP contribution in [0, 0.1) is 0 Å². The van der Waals surface area contributed by atoms with Gasteiger partial charge in [0.05, 0.1) is 6.61 Å². The molecule has 2 aromatic rings. The van der Waals surface area contributed by atoms with Crippen molar-refractivity contribution < 1.29 is 19.1 Å². The number of ether oxygens (including phenoxy) is 1. The van der Waals surface area contributed by atoms with Crippen LogP contribution in [0.1, 0.15) is 16.2 Å². The molecule has 126 valence electrons. The quantitative estimate of drug-likeness (QED) is 0.452. The molecule has 2 amide bonds. The Balaban J connectivity index is 1.97. The minimum atomic E-state index is -0.783. The van der Waals surface area contributed by atoms with E-state index in [-0.39, 0.29) is 12.3 Å². The number of ketones is 1. The second-order valence-corrected chi connectivity index (χ2v) is 4.97. The lowest BCUT2D eigenvalue weighted by Gasteiger charge is -2.07. The van der Waals surface area contributed by atoms with Crippen molar-refractivity contribution in [2.24, 2.45) is 7.05 Å². The maximum Gasteiger partial charge on any atom is 0.313 e. The molecule has 0 fully saturated rings. The summed E-state index contributed by atoms with van der Waals surface area (Å²) < 4.78 is 6.41. The van der Waals surface area contributed by atoms with Crippen LogP contribution in [0.15, 0.2) is 36.7 Å². The molecule has 0 aliphatic heterocycles. The number of hydrogen-bond acceptors (Lipinski definition) is 5. The Morgan fingerprint density at radius 2 is 1.88 bits per heavy atom. The molecule has 0 bridgehead atoms. The van der Waals surface area contributed by atoms with Gasteiger partial charge < -0.3 is 19.9 Å². The van der Waals surface area contributed by atoms with E-state index in [0.29, 0.717) is 23.7 Å². The first-order valence-corrected chi connectivity index (χ1v) is 7.23. The van der Waals surface area contributed by atoms with E-state index in [2.05, 4.69) is 15.6 Å². The first-order valence-electron chi connectivity index (χ1n) is 7.23. The van der Waals surface area contributed by atoms with Crippen molar-refractivity contribution in [3.8, 4) is 0 Å². The molecule has 0 saturated heterocycles. The van der Waals surface area contributed by atoms with Gasteiger partial charge in [-0.15, -0.1) is 0 Å². The number of benzene rings is 1. The summed E-state index contributed by atoms with van der Waals surface area (Å²) in [6.07, 6.45) is 3.23. The van der Waals surface area contributed by atoms with Crippen molar-refractivity contribution >= 4 is 23.3 Å². The van der Waals surface area contributed by atoms with E-state index in [4.69, 9.17) is 4.74 Å². The Hall–Kier alpha value is -3.00. The van der Waals surface area contributed by atoms with Gasteiger partial charge in [-0.2, -0.15) is 0 Å². The molecule has 0 radical (unpaired) electrons. The van der Waals surface area contributed by atoms with E-state index in [1.54, 1.807) is 48.3 Å². The van der Waals surface area contributed by atoms with Crippen LogP contribution < -0.4 is 10.6 Å². The highest BCUT2D eigenvalue weighted by atomic mass is 16.5. The van der Waals surface area contributed by atoms with Crippen LogP contribution >= 0.6 is 0 Å². The summed E-state index contributed by atoms with van der Waals surface area (Å²) in [4.78, 5) is 39.5. The molecule has 0 aliphatic carbocycles. The average molecular weight is 330 g/mol. The van der Waals surface area contributed by atoms with E-state index in [1.807, 2.05) is 0 Å². The SMILES string of the molecule is COCCNC(=O)C(=O)Nc1ccc(C(=O)c2nccn2C)cc1. The van der Waals surface area contributed by atoms with Gasteiger partial charge in [0.1, 0.15) is 0 Å². The average Bonchev–Trinajstić information content (AvgIpc) is 3.01. The Labute approximate surface area is 138 Å². The third kappa shape index (κ3) is 4.26. The minimum Gasteiger partial charge on any atom is -0.383 e. The number of carbonyl (C=O) groups excluding carboxylic acids is 3. The van der Waals surface area contributed by atoms with Crippen molar-refractivity contribution in [1.29, 1.82) is 0 Å². The maximum absolute atomic E-state index is 12.3. The number of nitrogens with zero attached hydrogens (tertiary/aromatic N) is 2. The van der Waals surface area contributed by atoms with E-state index in [9.17, 15) is 14.4 Å². The fraction of sp³-hybridized carbons (Fsp3) is 0.250. The molecule has 0 unspecified atom stereocenters. The van der Waals surface area contributed by atoms with Gasteiger partial charge in [-0.1, -0.05) is 0 Å². The van der Waals surface area contributed by atoms with Crippen LogP contribution in [0.3, 0.4) is 0 Å². The number of rotatable bonds is 6. The zero-order valence-electron chi connectivity index (χ0n) is 13.4. The molecule has 1 aromatic carbocycles. The fourth-order valence-electron chi connectivity index (χ4n) is 1.95. The summed E-state index contributed by atoms with van der Waals surface area (Å²) in [7, 11) is 3.23. The predicted molar refractivity (Wildman–Crippen MR) is 86.6 cm³/mol. The Kier molecular flexibility index (Phi) is 5.80. The molecule has 2 N–H and O–H groups in total. The van der Waals surface area contributed by atoms with Crippen molar-refractivity contribution in [2.75, 3.05) is 25.6 Å². The summed E-state index contributed by atoms with van der Waals surface area (Å²) >= 11 is 0. The highest BCUT2D eigenvalue weighted by Gasteiger charge is 2.15. The molecule has 0 saturated carbocycles. The lowest BCUT2D eigenvalue weighted by molar-refractivity contribution is -0.136. The summed E-state index contributed by atoms with van der Waals surface area (Å²) in [5.74, 6) is -1.43. The fourth-order valence-corrected chi connectivity index (χ4v) is 1.95. The minimum absolute atomic E-state index is 0.224. The van der Waals surface area contributed by atoms with E-state index >= 15 is 0 Å². The molecule has 8 heteroatoms. The number of carbonyl (C=O) groups is 3. The van der Waals surface area contributed by atoms with Crippen molar-refractivity contribution in [3.05, 3.63) is 48.0 Å². The van der Waals surface area contributed by atoms with Gasteiger partial charge in [0, 0.05) is 44.3 Å². The third-order valence-corrected chi connectivity index (χ3v) is 3.23. The van der Waals surface area contributed by atoms with Crippen LogP contribution in [-0.2, 0) is 21.4 Å². The number of imidazole rings is 1. The van der Waals surface area contributed by atoms with Gasteiger partial charge in [0.25, 0.3) is 0 Å². The van der Waals surface area contributed by atoms with Crippen LogP contribution in [0.25, 0.3) is 0 Å². The van der Waals surface area contributed by atoms with Gasteiger partial charge in [-0.25, -0.2) is 4.98 Å². The van der Waals surface area contributed by atoms with Crippen molar-refractivity contribution in [2.45, 2.75) is 0 Å². The van der Waals surface area contributed by atoms with Crippen molar-refractivity contribution in [3.63, 3.8) is 0 Å². The molecule has 2 rings (SSSR count). The van der Waals surface area contributed by atoms with E-state index in [1.165, 1.54) is 7.11 Å². The van der Waals surface area contributed by atoms with Crippen LogP contribution in [0.4, 0.5) is 5.69 Å². The van der Waals surface area contributed by atoms with Crippen molar-refractivity contribution in [1.82, 2.24) is 14.9 Å². The van der Waals surface area contributed by atoms with Gasteiger partial charge >= 0.3 is 11.8 Å². The number of amides is 2. The highest BCUT2D eigenvalue weighted by Crippen LogP contribution is 2.12. The Morgan fingerprint density at radius 3 is 2.46 bits per heavy atom. The molecule has 8 nitrogen and oxygen atoms in total. The Bertz CT molecular complexity index is 737. The topological polar surface area (TPSA) is 102 Å². The van der Waals surface area contributed by atoms with Gasteiger partial charge in [-0.3, -0.25) is 14.4 Å². The van der Waals surface area contributed by atoms with Gasteiger partial charge in [0.2, 0.25) is 5.78 Å². The van der Waals surface area contributed by atoms with E-state index < -0.39 is 11.8 Å². The highest BCUT2D eigenvalue weighted by molar-refractivity contribution is 6.39. The third-order valence-electron chi connectivity index (χ3n) is 3.23. The molecule has 0 atom stereocenters. The molecule has 0 aliphatic rings. The second kappa shape index (κ2) is 8.02. The summed E-state index contributed by atoms with van der Waals surface area (Å²) in [5, 5.41) is 4.87. The molecular weight excluding hydrogens is 312 g/mol. The Morgan fingerprint density at radius 1 is 1.17 bits per heavy atom. The van der Waals surface area contributed by atoms with Gasteiger partial charge in [-0.05, 0) is 24.3 Å².